The third kappa shape index (κ3) is 10.1. The Bertz CT molecular complexity index is 1040. The van der Waals surface area contributed by atoms with Gasteiger partial charge in [-0.3, -0.25) is 4.79 Å². The van der Waals surface area contributed by atoms with Crippen molar-refractivity contribution in [1.29, 1.82) is 0 Å². The normalized spacial score (nSPS) is 11.9. The van der Waals surface area contributed by atoms with Crippen LogP contribution in [-0.2, 0) is 11.2 Å². The Hall–Kier alpha value is -3.01. The van der Waals surface area contributed by atoms with Crippen molar-refractivity contribution in [3.05, 3.63) is 66.5 Å². The highest BCUT2D eigenvalue weighted by Gasteiger charge is 2.08. The van der Waals surface area contributed by atoms with Crippen molar-refractivity contribution < 1.29 is 9.53 Å². The lowest BCUT2D eigenvalue weighted by atomic mass is 10.0. The summed E-state index contributed by atoms with van der Waals surface area (Å²) in [6.45, 7) is 6.76. The van der Waals surface area contributed by atoms with Gasteiger partial charge in [0.1, 0.15) is 5.75 Å². The fourth-order valence-electron chi connectivity index (χ4n) is 4.42. The van der Waals surface area contributed by atoms with Crippen molar-refractivity contribution in [2.24, 2.45) is 5.92 Å². The van der Waals surface area contributed by atoms with Crippen LogP contribution in [0.5, 0.6) is 5.75 Å². The SMILES string of the molecule is CCCCCCCc1ccc(-c2ncc(-c3ccc(OC(=O)CCCCCC(C)CC)cc3)cn2)cc1. The number of rotatable bonds is 16. The summed E-state index contributed by atoms with van der Waals surface area (Å²) in [6, 6.07) is 16.2. The average Bonchev–Trinajstić information content (AvgIpc) is 2.93. The van der Waals surface area contributed by atoms with E-state index in [4.69, 9.17) is 4.74 Å². The largest absolute Gasteiger partial charge is 0.427 e. The molecule has 0 spiro atoms. The minimum Gasteiger partial charge on any atom is -0.427 e. The number of carbonyl (C=O) groups is 1. The molecule has 0 N–H and O–H groups in total. The molecule has 1 unspecified atom stereocenters. The van der Waals surface area contributed by atoms with Gasteiger partial charge in [0.25, 0.3) is 0 Å². The summed E-state index contributed by atoms with van der Waals surface area (Å²) in [4.78, 5) is 21.3. The molecule has 1 aromatic heterocycles. The number of hydrogen-bond donors (Lipinski definition) is 0. The second-order valence-electron chi connectivity index (χ2n) is 10.3. The van der Waals surface area contributed by atoms with Gasteiger partial charge in [-0.05, 0) is 48.4 Å². The summed E-state index contributed by atoms with van der Waals surface area (Å²) in [5, 5.41) is 0. The van der Waals surface area contributed by atoms with Crippen molar-refractivity contribution in [2.75, 3.05) is 0 Å². The van der Waals surface area contributed by atoms with Gasteiger partial charge in [0, 0.05) is 29.9 Å². The molecule has 198 valence electrons. The second kappa shape index (κ2) is 16.0. The van der Waals surface area contributed by atoms with Crippen LogP contribution in [0.3, 0.4) is 0 Å². The Labute approximate surface area is 223 Å². The van der Waals surface area contributed by atoms with E-state index in [1.165, 1.54) is 56.9 Å². The fourth-order valence-corrected chi connectivity index (χ4v) is 4.42. The van der Waals surface area contributed by atoms with Crippen LogP contribution in [0.2, 0.25) is 0 Å². The lowest BCUT2D eigenvalue weighted by Crippen LogP contribution is -2.07. The standard InChI is InChI=1S/C33H44N2O2/c1-4-6-7-8-11-14-27-16-18-29(19-17-27)33-34-24-30(25-35-33)28-20-22-31(23-21-28)37-32(36)15-12-9-10-13-26(3)5-2/h16-26H,4-15H2,1-3H3. The number of ether oxygens (including phenoxy) is 1. The topological polar surface area (TPSA) is 52.1 Å². The number of aryl methyl sites for hydroxylation is 1. The maximum atomic E-state index is 12.2. The van der Waals surface area contributed by atoms with Crippen molar-refractivity contribution in [1.82, 2.24) is 9.97 Å². The average molecular weight is 501 g/mol. The first-order valence-corrected chi connectivity index (χ1v) is 14.3. The van der Waals surface area contributed by atoms with E-state index in [1.807, 2.05) is 36.7 Å². The maximum absolute atomic E-state index is 12.2. The molecule has 3 aromatic rings. The van der Waals surface area contributed by atoms with E-state index in [0.29, 0.717) is 12.2 Å². The first-order valence-electron chi connectivity index (χ1n) is 14.3. The molecule has 0 aliphatic carbocycles. The van der Waals surface area contributed by atoms with E-state index in [9.17, 15) is 4.79 Å². The highest BCUT2D eigenvalue weighted by Crippen LogP contribution is 2.24. The summed E-state index contributed by atoms with van der Waals surface area (Å²) >= 11 is 0. The zero-order chi connectivity index (χ0) is 26.3. The molecule has 37 heavy (non-hydrogen) atoms. The molecule has 4 heteroatoms. The summed E-state index contributed by atoms with van der Waals surface area (Å²) in [5.74, 6) is 1.92. The molecule has 3 rings (SSSR count). The molecular weight excluding hydrogens is 456 g/mol. The lowest BCUT2D eigenvalue weighted by Gasteiger charge is -2.08. The predicted molar refractivity (Wildman–Crippen MR) is 154 cm³/mol. The highest BCUT2D eigenvalue weighted by atomic mass is 16.5. The van der Waals surface area contributed by atoms with Gasteiger partial charge in [-0.1, -0.05) is 109 Å². The van der Waals surface area contributed by atoms with Gasteiger partial charge in [0.2, 0.25) is 0 Å². The zero-order valence-electron chi connectivity index (χ0n) is 23.0. The van der Waals surface area contributed by atoms with Crippen molar-refractivity contribution in [2.45, 2.75) is 97.8 Å². The van der Waals surface area contributed by atoms with Crippen LogP contribution in [0.25, 0.3) is 22.5 Å². The van der Waals surface area contributed by atoms with Crippen LogP contribution < -0.4 is 4.74 Å². The lowest BCUT2D eigenvalue weighted by molar-refractivity contribution is -0.134. The molecule has 0 saturated carbocycles. The first kappa shape index (κ1) is 28.6. The molecule has 1 heterocycles. The maximum Gasteiger partial charge on any atom is 0.311 e. The van der Waals surface area contributed by atoms with Crippen molar-refractivity contribution >= 4 is 5.97 Å². The highest BCUT2D eigenvalue weighted by molar-refractivity contribution is 5.73. The second-order valence-corrected chi connectivity index (χ2v) is 10.3. The van der Waals surface area contributed by atoms with Gasteiger partial charge < -0.3 is 4.74 Å². The van der Waals surface area contributed by atoms with Crippen LogP contribution in [0.15, 0.2) is 60.9 Å². The molecule has 0 aliphatic heterocycles. The first-order chi connectivity index (χ1) is 18.1. The Kier molecular flexibility index (Phi) is 12.3. The molecule has 4 nitrogen and oxygen atoms in total. The molecule has 0 fully saturated rings. The molecule has 1 atom stereocenters. The van der Waals surface area contributed by atoms with Crippen LogP contribution >= 0.6 is 0 Å². The molecule has 0 radical (unpaired) electrons. The number of unbranched alkanes of at least 4 members (excludes halogenated alkanes) is 6. The predicted octanol–water partition coefficient (Wildman–Crippen LogP) is 9.23. The van der Waals surface area contributed by atoms with Crippen LogP contribution in [0.4, 0.5) is 0 Å². The monoisotopic (exact) mass is 500 g/mol. The third-order valence-corrected chi connectivity index (χ3v) is 7.13. The minimum atomic E-state index is -0.161. The quantitative estimate of drug-likeness (QED) is 0.112. The molecule has 0 amide bonds. The van der Waals surface area contributed by atoms with Gasteiger partial charge >= 0.3 is 5.97 Å². The van der Waals surface area contributed by atoms with E-state index >= 15 is 0 Å². The molecule has 0 saturated heterocycles. The Morgan fingerprint density at radius 2 is 1.41 bits per heavy atom. The van der Waals surface area contributed by atoms with Crippen LogP contribution in [-0.4, -0.2) is 15.9 Å². The Morgan fingerprint density at radius 1 is 0.757 bits per heavy atom. The zero-order valence-corrected chi connectivity index (χ0v) is 23.0. The van der Waals surface area contributed by atoms with E-state index in [2.05, 4.69) is 55.0 Å². The van der Waals surface area contributed by atoms with Gasteiger partial charge in [0.05, 0.1) is 0 Å². The Morgan fingerprint density at radius 3 is 2.08 bits per heavy atom. The number of esters is 1. The summed E-state index contributed by atoms with van der Waals surface area (Å²) in [6.07, 6.45) is 17.4. The summed E-state index contributed by atoms with van der Waals surface area (Å²) in [5.41, 5.74) is 4.34. The van der Waals surface area contributed by atoms with Gasteiger partial charge in [-0.2, -0.15) is 0 Å². The fraction of sp³-hybridized carbons (Fsp3) is 0.485. The third-order valence-electron chi connectivity index (χ3n) is 7.13. The number of nitrogens with zero attached hydrogens (tertiary/aromatic N) is 2. The van der Waals surface area contributed by atoms with Gasteiger partial charge in [-0.15, -0.1) is 0 Å². The molecular formula is C33H44N2O2. The number of aromatic nitrogens is 2. The van der Waals surface area contributed by atoms with Crippen LogP contribution in [0.1, 0.15) is 97.0 Å². The van der Waals surface area contributed by atoms with Crippen LogP contribution in [0, 0.1) is 5.92 Å². The Balaban J connectivity index is 1.45. The molecule has 2 aromatic carbocycles. The number of carbonyl (C=O) groups excluding carboxylic acids is 1. The van der Waals surface area contributed by atoms with Crippen molar-refractivity contribution in [3.63, 3.8) is 0 Å². The van der Waals surface area contributed by atoms with Crippen molar-refractivity contribution in [3.8, 4) is 28.3 Å². The number of benzene rings is 2. The molecule has 0 aliphatic rings. The van der Waals surface area contributed by atoms with E-state index < -0.39 is 0 Å². The number of hydrogen-bond acceptors (Lipinski definition) is 4. The summed E-state index contributed by atoms with van der Waals surface area (Å²) < 4.78 is 5.51. The van der Waals surface area contributed by atoms with E-state index in [1.54, 1.807) is 0 Å². The van der Waals surface area contributed by atoms with Gasteiger partial charge in [-0.25, -0.2) is 9.97 Å². The smallest absolute Gasteiger partial charge is 0.311 e. The van der Waals surface area contributed by atoms with Gasteiger partial charge in [0.15, 0.2) is 5.82 Å². The summed E-state index contributed by atoms with van der Waals surface area (Å²) in [7, 11) is 0. The van der Waals surface area contributed by atoms with E-state index in [0.717, 1.165) is 47.7 Å². The van der Waals surface area contributed by atoms with E-state index in [-0.39, 0.29) is 5.97 Å². The molecule has 0 bridgehead atoms. The minimum absolute atomic E-state index is 0.161.